The van der Waals surface area contributed by atoms with Gasteiger partial charge in [0.05, 0.1) is 12.1 Å². The van der Waals surface area contributed by atoms with Crippen molar-refractivity contribution < 1.29 is 23.1 Å². The van der Waals surface area contributed by atoms with E-state index in [-0.39, 0.29) is 18.2 Å². The Morgan fingerprint density at radius 2 is 2.04 bits per heavy atom. The molecule has 24 heavy (non-hydrogen) atoms. The number of halogens is 3. The summed E-state index contributed by atoms with van der Waals surface area (Å²) in [4.78, 5) is 12.1. The molecule has 1 amide bonds. The van der Waals surface area contributed by atoms with Gasteiger partial charge >= 0.3 is 6.18 Å². The monoisotopic (exact) mass is 339 g/mol. The molecule has 0 radical (unpaired) electrons. The Morgan fingerprint density at radius 1 is 1.38 bits per heavy atom. The average molecular weight is 339 g/mol. The molecule has 0 fully saturated rings. The molecule has 0 spiro atoms. The lowest BCUT2D eigenvalue weighted by Gasteiger charge is -2.14. The van der Waals surface area contributed by atoms with Crippen molar-refractivity contribution in [1.82, 2.24) is 15.1 Å². The zero-order valence-electron chi connectivity index (χ0n) is 12.8. The van der Waals surface area contributed by atoms with Gasteiger partial charge in [0.25, 0.3) is 0 Å². The van der Waals surface area contributed by atoms with Gasteiger partial charge in [-0.2, -0.15) is 18.3 Å². The fourth-order valence-corrected chi connectivity index (χ4v) is 3.01. The second-order valence-electron chi connectivity index (χ2n) is 5.86. The van der Waals surface area contributed by atoms with Crippen LogP contribution in [0.5, 0.6) is 0 Å². The summed E-state index contributed by atoms with van der Waals surface area (Å²) in [5.74, 6) is -0.458. The van der Waals surface area contributed by atoms with Gasteiger partial charge in [-0.3, -0.25) is 9.48 Å². The van der Waals surface area contributed by atoms with E-state index >= 15 is 0 Å². The van der Waals surface area contributed by atoms with Gasteiger partial charge in [0.1, 0.15) is 6.54 Å². The molecule has 2 atom stereocenters. The van der Waals surface area contributed by atoms with Gasteiger partial charge in [-0.25, -0.2) is 0 Å². The van der Waals surface area contributed by atoms with Crippen LogP contribution in [-0.4, -0.2) is 20.8 Å². The Hall–Kier alpha value is -2.35. The summed E-state index contributed by atoms with van der Waals surface area (Å²) in [6, 6.07) is 6.86. The molecule has 5 nitrogen and oxygen atoms in total. The summed E-state index contributed by atoms with van der Waals surface area (Å²) in [5, 5.41) is 16.2. The van der Waals surface area contributed by atoms with Gasteiger partial charge < -0.3 is 10.4 Å². The van der Waals surface area contributed by atoms with Gasteiger partial charge in [0, 0.05) is 12.6 Å². The van der Waals surface area contributed by atoms with Crippen molar-refractivity contribution in [3.8, 4) is 0 Å². The minimum atomic E-state index is -4.54. The molecule has 8 heteroatoms. The van der Waals surface area contributed by atoms with Crippen LogP contribution in [0.3, 0.4) is 0 Å². The van der Waals surface area contributed by atoms with Gasteiger partial charge in [0.2, 0.25) is 5.91 Å². The minimum Gasteiger partial charge on any atom is -0.388 e. The molecule has 2 aromatic rings. The lowest BCUT2D eigenvalue weighted by molar-refractivity contribution is -0.142. The molecule has 0 saturated heterocycles. The van der Waals surface area contributed by atoms with Crippen LogP contribution in [0.1, 0.15) is 41.0 Å². The van der Waals surface area contributed by atoms with E-state index in [1.807, 2.05) is 12.1 Å². The zero-order chi connectivity index (χ0) is 17.5. The van der Waals surface area contributed by atoms with Gasteiger partial charge in [-0.1, -0.05) is 24.3 Å². The molecule has 0 aliphatic heterocycles. The number of nitrogens with zero attached hydrogens (tertiary/aromatic N) is 2. The van der Waals surface area contributed by atoms with E-state index in [1.165, 1.54) is 13.1 Å². The number of aromatic nitrogens is 2. The van der Waals surface area contributed by atoms with Crippen molar-refractivity contribution >= 4 is 5.91 Å². The number of aliphatic hydroxyl groups excluding tert-OH is 1. The number of carbonyl (C=O) groups excluding carboxylic acids is 1. The van der Waals surface area contributed by atoms with E-state index in [0.717, 1.165) is 15.8 Å². The number of aliphatic hydroxyl groups is 1. The molecule has 2 N–H and O–H groups in total. The second kappa shape index (κ2) is 5.94. The number of aryl methyl sites for hydroxylation is 1. The summed E-state index contributed by atoms with van der Waals surface area (Å²) in [6.07, 6.45) is -3.66. The third-order valence-electron chi connectivity index (χ3n) is 4.04. The normalized spacial score (nSPS) is 20.0. The number of fused-ring (bicyclic) bond motifs is 1. The van der Waals surface area contributed by atoms with Crippen molar-refractivity contribution in [1.29, 1.82) is 0 Å². The van der Waals surface area contributed by atoms with E-state index in [9.17, 15) is 23.1 Å². The molecule has 1 aliphatic rings. The van der Waals surface area contributed by atoms with E-state index in [2.05, 4.69) is 10.4 Å². The number of amides is 1. The molecule has 0 bridgehead atoms. The maximum Gasteiger partial charge on any atom is 0.435 e. The Balaban J connectivity index is 1.69. The molecular formula is C16H16F3N3O2. The van der Waals surface area contributed by atoms with E-state index < -0.39 is 23.9 Å². The summed E-state index contributed by atoms with van der Waals surface area (Å²) in [5.41, 5.74) is 0.567. The van der Waals surface area contributed by atoms with Gasteiger partial charge in [0.15, 0.2) is 5.69 Å². The van der Waals surface area contributed by atoms with Gasteiger partial charge in [-0.15, -0.1) is 0 Å². The van der Waals surface area contributed by atoms with E-state index in [1.54, 1.807) is 12.1 Å². The lowest BCUT2D eigenvalue weighted by atomic mass is 10.1. The Morgan fingerprint density at radius 3 is 2.67 bits per heavy atom. The fourth-order valence-electron chi connectivity index (χ4n) is 3.01. The molecule has 1 aromatic carbocycles. The van der Waals surface area contributed by atoms with Crippen molar-refractivity contribution in [3.63, 3.8) is 0 Å². The lowest BCUT2D eigenvalue weighted by Crippen LogP contribution is -2.30. The largest absolute Gasteiger partial charge is 0.435 e. The number of hydrogen-bond donors (Lipinski definition) is 2. The number of hydrogen-bond acceptors (Lipinski definition) is 3. The first kappa shape index (κ1) is 16.5. The number of benzene rings is 1. The molecule has 1 heterocycles. The maximum atomic E-state index is 12.7. The second-order valence-corrected chi connectivity index (χ2v) is 5.86. The van der Waals surface area contributed by atoms with Gasteiger partial charge in [-0.05, 0) is 23.6 Å². The highest BCUT2D eigenvalue weighted by Gasteiger charge is 2.36. The molecule has 128 valence electrons. The van der Waals surface area contributed by atoms with Crippen molar-refractivity contribution in [3.05, 3.63) is 52.8 Å². The van der Waals surface area contributed by atoms with Crippen LogP contribution in [0.25, 0.3) is 0 Å². The summed E-state index contributed by atoms with van der Waals surface area (Å²) in [6.45, 7) is 0.986. The summed E-state index contributed by atoms with van der Waals surface area (Å²) in [7, 11) is 0. The SMILES string of the molecule is Cc1cn(CC(=O)NC2CC(O)c3ccccc32)nc1C(F)(F)F. The van der Waals surface area contributed by atoms with E-state index in [4.69, 9.17) is 0 Å². The minimum absolute atomic E-state index is 0.0306. The molecule has 1 aromatic heterocycles. The van der Waals surface area contributed by atoms with Crippen molar-refractivity contribution in [2.45, 2.75) is 38.2 Å². The highest BCUT2D eigenvalue weighted by atomic mass is 19.4. The molecule has 0 saturated carbocycles. The van der Waals surface area contributed by atoms with Crippen LogP contribution >= 0.6 is 0 Å². The van der Waals surface area contributed by atoms with Crippen LogP contribution < -0.4 is 5.32 Å². The molecule has 3 rings (SSSR count). The quantitative estimate of drug-likeness (QED) is 0.903. The predicted molar refractivity (Wildman–Crippen MR) is 78.9 cm³/mol. The fraction of sp³-hybridized carbons (Fsp3) is 0.375. The molecule has 2 unspecified atom stereocenters. The maximum absolute atomic E-state index is 12.7. The first-order chi connectivity index (χ1) is 11.3. The topological polar surface area (TPSA) is 67.2 Å². The standard InChI is InChI=1S/C16H16F3N3O2/c1-9-7-22(21-15(9)16(17,18)19)8-14(24)20-12-6-13(23)11-5-3-2-4-10(11)12/h2-5,7,12-13,23H,6,8H2,1H3,(H,20,24). The van der Waals surface area contributed by atoms with Crippen LogP contribution in [0.4, 0.5) is 13.2 Å². The number of rotatable bonds is 3. The van der Waals surface area contributed by atoms with Crippen LogP contribution in [-0.2, 0) is 17.5 Å². The number of alkyl halides is 3. The third kappa shape index (κ3) is 3.14. The zero-order valence-corrected chi connectivity index (χ0v) is 12.8. The van der Waals surface area contributed by atoms with Crippen molar-refractivity contribution in [2.24, 2.45) is 0 Å². The number of carbonyl (C=O) groups is 1. The van der Waals surface area contributed by atoms with Crippen LogP contribution in [0.15, 0.2) is 30.5 Å². The predicted octanol–water partition coefficient (Wildman–Crippen LogP) is 2.50. The first-order valence-electron chi connectivity index (χ1n) is 7.43. The summed E-state index contributed by atoms with van der Waals surface area (Å²) >= 11 is 0. The highest BCUT2D eigenvalue weighted by molar-refractivity contribution is 5.76. The average Bonchev–Trinajstić information content (AvgIpc) is 3.00. The Bertz CT molecular complexity index is 770. The first-order valence-corrected chi connectivity index (χ1v) is 7.43. The van der Waals surface area contributed by atoms with E-state index in [0.29, 0.717) is 6.42 Å². The smallest absolute Gasteiger partial charge is 0.388 e. The third-order valence-corrected chi connectivity index (χ3v) is 4.04. The molecular weight excluding hydrogens is 323 g/mol. The van der Waals surface area contributed by atoms with Crippen LogP contribution in [0, 0.1) is 6.92 Å². The van der Waals surface area contributed by atoms with Crippen LogP contribution in [0.2, 0.25) is 0 Å². The van der Waals surface area contributed by atoms with Crippen molar-refractivity contribution in [2.75, 3.05) is 0 Å². The number of nitrogens with one attached hydrogen (secondary N) is 1. The summed E-state index contributed by atoms with van der Waals surface area (Å²) < 4.78 is 39.2. The molecule has 1 aliphatic carbocycles. The Labute approximate surface area is 136 Å². The highest BCUT2D eigenvalue weighted by Crippen LogP contribution is 2.38. The Kier molecular flexibility index (Phi) is 4.08.